The molecule has 5 nitrogen and oxygen atoms in total. The molecular weight excluding hydrogens is 268 g/mol. The second-order valence-electron chi connectivity index (χ2n) is 5.25. The summed E-state index contributed by atoms with van der Waals surface area (Å²) in [7, 11) is 0. The van der Waals surface area contributed by atoms with E-state index in [1.807, 2.05) is 31.2 Å². The smallest absolute Gasteiger partial charge is 0.329 e. The lowest BCUT2D eigenvalue weighted by molar-refractivity contribution is -0.144. The van der Waals surface area contributed by atoms with Crippen LogP contribution in [0.3, 0.4) is 0 Å². The lowest BCUT2D eigenvalue weighted by Gasteiger charge is -2.26. The van der Waals surface area contributed by atoms with Gasteiger partial charge in [-0.25, -0.2) is 4.79 Å². The number of hydrogen-bond donors (Lipinski definition) is 2. The molecule has 2 aromatic rings. The summed E-state index contributed by atoms with van der Waals surface area (Å²) < 4.78 is 0. The number of nitrogens with zero attached hydrogens (tertiary/aromatic N) is 1. The van der Waals surface area contributed by atoms with E-state index < -0.39 is 17.4 Å². The molecule has 21 heavy (non-hydrogen) atoms. The number of amides is 1. The number of aliphatic carboxylic acids is 1. The first kappa shape index (κ1) is 15.0. The van der Waals surface area contributed by atoms with Gasteiger partial charge in [-0.3, -0.25) is 9.78 Å². The standard InChI is InChI=1S/C16H18N2O3/c1-3-8-16(2,15(20)21)18-14(19)13-10-17-9-11-6-4-5-7-12(11)13/h4-7,9-10H,3,8H2,1-2H3,(H,18,19)(H,20,21). The summed E-state index contributed by atoms with van der Waals surface area (Å²) in [5, 5.41) is 13.6. The van der Waals surface area contributed by atoms with Crippen LogP contribution in [0.4, 0.5) is 0 Å². The molecule has 1 aromatic heterocycles. The summed E-state index contributed by atoms with van der Waals surface area (Å²) >= 11 is 0. The molecule has 0 aliphatic rings. The van der Waals surface area contributed by atoms with Crippen LogP contribution in [0.5, 0.6) is 0 Å². The van der Waals surface area contributed by atoms with E-state index in [-0.39, 0.29) is 0 Å². The van der Waals surface area contributed by atoms with E-state index in [1.165, 1.54) is 13.1 Å². The zero-order valence-electron chi connectivity index (χ0n) is 12.1. The van der Waals surface area contributed by atoms with Crippen LogP contribution >= 0.6 is 0 Å². The van der Waals surface area contributed by atoms with Gasteiger partial charge in [0.2, 0.25) is 0 Å². The van der Waals surface area contributed by atoms with Crippen LogP contribution in [0.2, 0.25) is 0 Å². The molecule has 0 bridgehead atoms. The lowest BCUT2D eigenvalue weighted by Crippen LogP contribution is -2.52. The highest BCUT2D eigenvalue weighted by Gasteiger charge is 2.34. The van der Waals surface area contributed by atoms with Crippen molar-refractivity contribution in [3.8, 4) is 0 Å². The largest absolute Gasteiger partial charge is 0.480 e. The number of fused-ring (bicyclic) bond motifs is 1. The number of nitrogens with one attached hydrogen (secondary N) is 1. The van der Waals surface area contributed by atoms with Gasteiger partial charge in [0.05, 0.1) is 5.56 Å². The quantitative estimate of drug-likeness (QED) is 0.885. The van der Waals surface area contributed by atoms with E-state index in [0.717, 1.165) is 10.8 Å². The maximum Gasteiger partial charge on any atom is 0.329 e. The summed E-state index contributed by atoms with van der Waals surface area (Å²) in [5.74, 6) is -1.46. The Morgan fingerprint density at radius 3 is 2.67 bits per heavy atom. The van der Waals surface area contributed by atoms with Crippen molar-refractivity contribution in [3.63, 3.8) is 0 Å². The normalized spacial score (nSPS) is 13.6. The second kappa shape index (κ2) is 5.91. The molecule has 0 fully saturated rings. The molecule has 1 amide bonds. The Labute approximate surface area is 123 Å². The van der Waals surface area contributed by atoms with Crippen LogP contribution in [-0.2, 0) is 4.79 Å². The molecule has 1 heterocycles. The molecule has 1 aromatic carbocycles. The zero-order valence-corrected chi connectivity index (χ0v) is 12.1. The van der Waals surface area contributed by atoms with Crippen LogP contribution in [0, 0.1) is 0 Å². The molecule has 0 aliphatic heterocycles. The van der Waals surface area contributed by atoms with Crippen LogP contribution in [0.25, 0.3) is 10.8 Å². The second-order valence-corrected chi connectivity index (χ2v) is 5.25. The van der Waals surface area contributed by atoms with Crippen molar-refractivity contribution >= 4 is 22.6 Å². The number of carbonyl (C=O) groups excluding carboxylic acids is 1. The SMILES string of the molecule is CCCC(C)(NC(=O)c1cncc2ccccc12)C(=O)O. The number of carboxylic acid groups (broad SMARTS) is 1. The third-order valence-corrected chi connectivity index (χ3v) is 3.52. The van der Waals surface area contributed by atoms with E-state index in [4.69, 9.17) is 0 Å². The average Bonchev–Trinajstić information content (AvgIpc) is 2.46. The van der Waals surface area contributed by atoms with Gasteiger partial charge in [-0.05, 0) is 18.7 Å². The maximum atomic E-state index is 12.4. The molecule has 0 spiro atoms. The van der Waals surface area contributed by atoms with E-state index >= 15 is 0 Å². The van der Waals surface area contributed by atoms with Crippen LogP contribution in [0.15, 0.2) is 36.7 Å². The van der Waals surface area contributed by atoms with Crippen molar-refractivity contribution < 1.29 is 14.7 Å². The maximum absolute atomic E-state index is 12.4. The summed E-state index contributed by atoms with van der Waals surface area (Å²) in [4.78, 5) is 27.9. The van der Waals surface area contributed by atoms with Crippen molar-refractivity contribution in [3.05, 3.63) is 42.2 Å². The molecule has 1 atom stereocenters. The number of benzene rings is 1. The summed E-state index contributed by atoms with van der Waals surface area (Å²) in [5.41, 5.74) is -0.889. The Balaban J connectivity index is 2.36. The van der Waals surface area contributed by atoms with Gasteiger partial charge in [0.15, 0.2) is 0 Å². The topological polar surface area (TPSA) is 79.3 Å². The highest BCUT2D eigenvalue weighted by Crippen LogP contribution is 2.19. The monoisotopic (exact) mass is 286 g/mol. The van der Waals surface area contributed by atoms with Gasteiger partial charge >= 0.3 is 5.97 Å². The van der Waals surface area contributed by atoms with Crippen LogP contribution in [0.1, 0.15) is 37.0 Å². The summed E-state index contributed by atoms with van der Waals surface area (Å²) in [6.07, 6.45) is 4.17. The number of carboxylic acids is 1. The lowest BCUT2D eigenvalue weighted by atomic mass is 9.95. The Morgan fingerprint density at radius 1 is 1.29 bits per heavy atom. The molecule has 2 N–H and O–H groups in total. The average molecular weight is 286 g/mol. The van der Waals surface area contributed by atoms with E-state index in [2.05, 4.69) is 10.3 Å². The highest BCUT2D eigenvalue weighted by molar-refractivity contribution is 6.07. The molecule has 0 aliphatic carbocycles. The molecule has 1 unspecified atom stereocenters. The molecule has 2 rings (SSSR count). The minimum absolute atomic E-state index is 0.367. The van der Waals surface area contributed by atoms with E-state index in [1.54, 1.807) is 6.20 Å². The predicted octanol–water partition coefficient (Wildman–Crippen LogP) is 2.61. The third kappa shape index (κ3) is 3.02. The molecule has 110 valence electrons. The Kier molecular flexibility index (Phi) is 4.21. The van der Waals surface area contributed by atoms with Gasteiger partial charge in [-0.1, -0.05) is 37.6 Å². The Morgan fingerprint density at radius 2 is 2.00 bits per heavy atom. The minimum atomic E-state index is -1.28. The number of carbonyl (C=O) groups is 2. The zero-order chi connectivity index (χ0) is 15.5. The number of aromatic nitrogens is 1. The van der Waals surface area contributed by atoms with Crippen molar-refractivity contribution in [1.29, 1.82) is 0 Å². The first-order valence-electron chi connectivity index (χ1n) is 6.86. The highest BCUT2D eigenvalue weighted by atomic mass is 16.4. The molecule has 0 saturated heterocycles. The molecular formula is C16H18N2O3. The van der Waals surface area contributed by atoms with Gasteiger partial charge < -0.3 is 10.4 Å². The van der Waals surface area contributed by atoms with Crippen molar-refractivity contribution in [1.82, 2.24) is 10.3 Å². The fourth-order valence-corrected chi connectivity index (χ4v) is 2.34. The number of hydrogen-bond acceptors (Lipinski definition) is 3. The summed E-state index contributed by atoms with van der Waals surface area (Å²) in [6.45, 7) is 3.40. The minimum Gasteiger partial charge on any atom is -0.480 e. The summed E-state index contributed by atoms with van der Waals surface area (Å²) in [6, 6.07) is 7.39. The van der Waals surface area contributed by atoms with Gasteiger partial charge in [0.1, 0.15) is 5.54 Å². The van der Waals surface area contributed by atoms with Crippen LogP contribution < -0.4 is 5.32 Å². The van der Waals surface area contributed by atoms with Crippen molar-refractivity contribution in [2.45, 2.75) is 32.2 Å². The Bertz CT molecular complexity index is 679. The van der Waals surface area contributed by atoms with Crippen molar-refractivity contribution in [2.24, 2.45) is 0 Å². The number of pyridine rings is 1. The molecule has 5 heteroatoms. The van der Waals surface area contributed by atoms with E-state index in [0.29, 0.717) is 18.4 Å². The first-order chi connectivity index (χ1) is 9.98. The predicted molar refractivity (Wildman–Crippen MR) is 80.2 cm³/mol. The van der Waals surface area contributed by atoms with Gasteiger partial charge in [-0.15, -0.1) is 0 Å². The Hall–Kier alpha value is -2.43. The van der Waals surface area contributed by atoms with Gasteiger partial charge in [-0.2, -0.15) is 0 Å². The fourth-order valence-electron chi connectivity index (χ4n) is 2.34. The first-order valence-corrected chi connectivity index (χ1v) is 6.86. The third-order valence-electron chi connectivity index (χ3n) is 3.52. The van der Waals surface area contributed by atoms with Gasteiger partial charge in [0.25, 0.3) is 5.91 Å². The van der Waals surface area contributed by atoms with E-state index in [9.17, 15) is 14.7 Å². The van der Waals surface area contributed by atoms with Gasteiger partial charge in [0, 0.05) is 17.8 Å². The van der Waals surface area contributed by atoms with Crippen molar-refractivity contribution in [2.75, 3.05) is 0 Å². The molecule has 0 radical (unpaired) electrons. The van der Waals surface area contributed by atoms with Crippen LogP contribution in [-0.4, -0.2) is 27.5 Å². The number of rotatable bonds is 5. The molecule has 0 saturated carbocycles. The fraction of sp³-hybridized carbons (Fsp3) is 0.312.